The van der Waals surface area contributed by atoms with Crippen molar-refractivity contribution in [2.45, 2.75) is 60.0 Å². The maximum atomic E-state index is 6.11. The van der Waals surface area contributed by atoms with Crippen molar-refractivity contribution < 1.29 is 4.74 Å². The van der Waals surface area contributed by atoms with Crippen LogP contribution < -0.4 is 4.74 Å². The Hall–Kier alpha value is -0.830. The fraction of sp³-hybridized carbons (Fsp3) is 0.714. The molecule has 18 heavy (non-hydrogen) atoms. The first-order chi connectivity index (χ1) is 8.43. The summed E-state index contributed by atoms with van der Waals surface area (Å²) in [6, 6.07) is 0. The third-order valence-corrected chi connectivity index (χ3v) is 3.05. The van der Waals surface area contributed by atoms with Crippen molar-refractivity contribution in [2.24, 2.45) is 5.92 Å². The summed E-state index contributed by atoms with van der Waals surface area (Å²) in [5, 5.41) is 0.500. The van der Waals surface area contributed by atoms with Crippen molar-refractivity contribution >= 4 is 11.6 Å². The van der Waals surface area contributed by atoms with Gasteiger partial charge in [0.2, 0.25) is 5.88 Å². The number of halogens is 1. The molecule has 0 amide bonds. The van der Waals surface area contributed by atoms with Crippen LogP contribution in [-0.2, 0) is 6.42 Å². The van der Waals surface area contributed by atoms with Crippen LogP contribution in [0.25, 0.3) is 0 Å². The second-order valence-electron chi connectivity index (χ2n) is 5.17. The van der Waals surface area contributed by atoms with Crippen LogP contribution in [0.4, 0.5) is 0 Å². The van der Waals surface area contributed by atoms with Crippen LogP contribution in [0.2, 0.25) is 5.15 Å². The quantitative estimate of drug-likeness (QED) is 0.727. The fourth-order valence-electron chi connectivity index (χ4n) is 1.86. The number of hydrogen-bond donors (Lipinski definition) is 0. The molecule has 1 aromatic rings. The van der Waals surface area contributed by atoms with Gasteiger partial charge in [-0.05, 0) is 32.6 Å². The van der Waals surface area contributed by atoms with Crippen LogP contribution in [0.15, 0.2) is 0 Å². The van der Waals surface area contributed by atoms with E-state index in [2.05, 4.69) is 37.7 Å². The SMILES string of the molecule is CCCc1nc(Cl)c(C)c(OC(C)CC(C)C)n1. The van der Waals surface area contributed by atoms with Crippen LogP contribution in [0.1, 0.15) is 51.9 Å². The largest absolute Gasteiger partial charge is 0.474 e. The summed E-state index contributed by atoms with van der Waals surface area (Å²) in [5.41, 5.74) is 0.826. The molecule has 0 aliphatic carbocycles. The lowest BCUT2D eigenvalue weighted by Crippen LogP contribution is -2.16. The Kier molecular flexibility index (Phi) is 5.86. The van der Waals surface area contributed by atoms with E-state index in [0.29, 0.717) is 17.0 Å². The van der Waals surface area contributed by atoms with Gasteiger partial charge in [0, 0.05) is 12.0 Å². The molecule has 0 spiro atoms. The van der Waals surface area contributed by atoms with E-state index in [1.54, 1.807) is 0 Å². The van der Waals surface area contributed by atoms with E-state index in [4.69, 9.17) is 16.3 Å². The second-order valence-corrected chi connectivity index (χ2v) is 5.53. The van der Waals surface area contributed by atoms with Crippen molar-refractivity contribution in [1.29, 1.82) is 0 Å². The smallest absolute Gasteiger partial charge is 0.221 e. The first kappa shape index (κ1) is 15.2. The summed E-state index contributed by atoms with van der Waals surface area (Å²) in [4.78, 5) is 8.72. The summed E-state index contributed by atoms with van der Waals surface area (Å²) in [5.74, 6) is 2.00. The molecule has 1 aromatic heterocycles. The summed E-state index contributed by atoms with van der Waals surface area (Å²) in [7, 11) is 0. The molecule has 1 rings (SSSR count). The van der Waals surface area contributed by atoms with Crippen molar-refractivity contribution in [3.8, 4) is 5.88 Å². The number of rotatable bonds is 6. The highest BCUT2D eigenvalue weighted by Gasteiger charge is 2.14. The standard InChI is InChI=1S/C14H23ClN2O/c1-6-7-12-16-13(15)11(5)14(17-12)18-10(4)8-9(2)3/h9-10H,6-8H2,1-5H3. The normalized spacial score (nSPS) is 12.8. The summed E-state index contributed by atoms with van der Waals surface area (Å²) in [6.07, 6.45) is 2.98. The number of aryl methyl sites for hydroxylation is 1. The lowest BCUT2D eigenvalue weighted by molar-refractivity contribution is 0.183. The molecule has 1 heterocycles. The summed E-state index contributed by atoms with van der Waals surface area (Å²) >= 11 is 6.11. The molecule has 0 aromatic carbocycles. The molecule has 0 N–H and O–H groups in total. The minimum Gasteiger partial charge on any atom is -0.474 e. The van der Waals surface area contributed by atoms with Crippen LogP contribution in [-0.4, -0.2) is 16.1 Å². The first-order valence-corrected chi connectivity index (χ1v) is 7.01. The van der Waals surface area contributed by atoms with Crippen molar-refractivity contribution in [1.82, 2.24) is 9.97 Å². The van der Waals surface area contributed by atoms with Gasteiger partial charge in [-0.3, -0.25) is 0 Å². The Labute approximate surface area is 115 Å². The zero-order valence-corrected chi connectivity index (χ0v) is 12.7. The summed E-state index contributed by atoms with van der Waals surface area (Å²) in [6.45, 7) is 10.4. The second kappa shape index (κ2) is 6.93. The van der Waals surface area contributed by atoms with E-state index >= 15 is 0 Å². The van der Waals surface area contributed by atoms with Crippen molar-refractivity contribution in [2.75, 3.05) is 0 Å². The van der Waals surface area contributed by atoms with Gasteiger partial charge in [0.1, 0.15) is 11.0 Å². The van der Waals surface area contributed by atoms with Gasteiger partial charge in [0.15, 0.2) is 0 Å². The predicted molar refractivity (Wildman–Crippen MR) is 75.3 cm³/mol. The van der Waals surface area contributed by atoms with Gasteiger partial charge in [-0.15, -0.1) is 0 Å². The highest BCUT2D eigenvalue weighted by Crippen LogP contribution is 2.24. The van der Waals surface area contributed by atoms with Gasteiger partial charge >= 0.3 is 0 Å². The monoisotopic (exact) mass is 270 g/mol. The van der Waals surface area contributed by atoms with E-state index in [0.717, 1.165) is 30.7 Å². The maximum absolute atomic E-state index is 6.11. The third-order valence-electron chi connectivity index (χ3n) is 2.68. The lowest BCUT2D eigenvalue weighted by atomic mass is 10.1. The number of ether oxygens (including phenoxy) is 1. The molecule has 0 aliphatic rings. The topological polar surface area (TPSA) is 35.0 Å². The van der Waals surface area contributed by atoms with Gasteiger partial charge in [0.25, 0.3) is 0 Å². The van der Waals surface area contributed by atoms with Gasteiger partial charge < -0.3 is 4.74 Å². The molecule has 1 unspecified atom stereocenters. The number of hydrogen-bond acceptors (Lipinski definition) is 3. The minimum absolute atomic E-state index is 0.143. The molecule has 4 heteroatoms. The average molecular weight is 271 g/mol. The molecular formula is C14H23ClN2O. The van der Waals surface area contributed by atoms with E-state index in [9.17, 15) is 0 Å². The van der Waals surface area contributed by atoms with Gasteiger partial charge in [-0.2, -0.15) is 4.98 Å². The van der Waals surface area contributed by atoms with E-state index < -0.39 is 0 Å². The Morgan fingerprint density at radius 1 is 1.22 bits per heavy atom. The zero-order valence-electron chi connectivity index (χ0n) is 12.0. The Morgan fingerprint density at radius 3 is 2.44 bits per heavy atom. The number of aromatic nitrogens is 2. The molecular weight excluding hydrogens is 248 g/mol. The highest BCUT2D eigenvalue weighted by molar-refractivity contribution is 6.30. The minimum atomic E-state index is 0.143. The molecule has 0 saturated carbocycles. The van der Waals surface area contributed by atoms with E-state index in [-0.39, 0.29) is 6.10 Å². The summed E-state index contributed by atoms with van der Waals surface area (Å²) < 4.78 is 5.89. The maximum Gasteiger partial charge on any atom is 0.221 e. The molecule has 0 saturated heterocycles. The van der Waals surface area contributed by atoms with Crippen LogP contribution in [0, 0.1) is 12.8 Å². The molecule has 102 valence electrons. The van der Waals surface area contributed by atoms with E-state index in [1.807, 2.05) is 6.92 Å². The van der Waals surface area contributed by atoms with Gasteiger partial charge in [-0.25, -0.2) is 4.98 Å². The predicted octanol–water partition coefficient (Wildman–Crippen LogP) is 4.20. The van der Waals surface area contributed by atoms with Crippen LogP contribution in [0.5, 0.6) is 5.88 Å². The molecule has 0 radical (unpaired) electrons. The average Bonchev–Trinajstić information content (AvgIpc) is 2.24. The molecule has 0 fully saturated rings. The zero-order chi connectivity index (χ0) is 13.7. The van der Waals surface area contributed by atoms with Gasteiger partial charge in [0.05, 0.1) is 6.10 Å². The highest BCUT2D eigenvalue weighted by atomic mass is 35.5. The first-order valence-electron chi connectivity index (χ1n) is 6.63. The van der Waals surface area contributed by atoms with Gasteiger partial charge in [-0.1, -0.05) is 32.4 Å². The van der Waals surface area contributed by atoms with Crippen LogP contribution >= 0.6 is 11.6 Å². The third kappa shape index (κ3) is 4.45. The molecule has 0 bridgehead atoms. The molecule has 1 atom stereocenters. The fourth-order valence-corrected chi connectivity index (χ4v) is 2.04. The Morgan fingerprint density at radius 2 is 1.89 bits per heavy atom. The Balaban J connectivity index is 2.86. The van der Waals surface area contributed by atoms with E-state index in [1.165, 1.54) is 0 Å². The van der Waals surface area contributed by atoms with Crippen molar-refractivity contribution in [3.05, 3.63) is 16.5 Å². The lowest BCUT2D eigenvalue weighted by Gasteiger charge is -2.18. The molecule has 0 aliphatic heterocycles. The Bertz CT molecular complexity index is 394. The van der Waals surface area contributed by atoms with Crippen LogP contribution in [0.3, 0.4) is 0 Å². The number of nitrogens with zero attached hydrogens (tertiary/aromatic N) is 2. The molecule has 3 nitrogen and oxygen atoms in total. The van der Waals surface area contributed by atoms with Crippen molar-refractivity contribution in [3.63, 3.8) is 0 Å².